The van der Waals surface area contributed by atoms with Gasteiger partial charge in [0.25, 0.3) is 5.91 Å². The fraction of sp³-hybridized carbons (Fsp3) is 0.375. The van der Waals surface area contributed by atoms with E-state index in [2.05, 4.69) is 0 Å². The number of carboxylic acids is 1. The van der Waals surface area contributed by atoms with Gasteiger partial charge in [0.05, 0.1) is 6.54 Å². The summed E-state index contributed by atoms with van der Waals surface area (Å²) in [6, 6.07) is 15.4. The van der Waals surface area contributed by atoms with Crippen LogP contribution in [-0.4, -0.2) is 85.7 Å². The first-order valence-corrected chi connectivity index (χ1v) is 10.7. The molecule has 8 nitrogen and oxygen atoms in total. The van der Waals surface area contributed by atoms with Gasteiger partial charge in [-0.3, -0.25) is 9.59 Å². The predicted octanol–water partition coefficient (Wildman–Crippen LogP) is 2.64. The van der Waals surface area contributed by atoms with Crippen LogP contribution in [0.3, 0.4) is 0 Å². The summed E-state index contributed by atoms with van der Waals surface area (Å²) in [5, 5.41) is 10.9. The van der Waals surface area contributed by atoms with Crippen LogP contribution in [0.1, 0.15) is 17.0 Å². The molecule has 34 heavy (non-hydrogen) atoms. The summed E-state index contributed by atoms with van der Waals surface area (Å²) in [7, 11) is 3.33. The number of benzene rings is 2. The molecule has 2 amide bonds. The van der Waals surface area contributed by atoms with Crippen molar-refractivity contribution in [2.75, 3.05) is 46.9 Å². The van der Waals surface area contributed by atoms with Crippen LogP contribution in [0.25, 0.3) is 11.1 Å². The van der Waals surface area contributed by atoms with Gasteiger partial charge in [-0.05, 0) is 36.3 Å². The van der Waals surface area contributed by atoms with Crippen LogP contribution in [0.2, 0.25) is 0 Å². The number of carboxylic acid groups (broad SMARTS) is 1. The van der Waals surface area contributed by atoms with Crippen molar-refractivity contribution in [2.45, 2.75) is 11.8 Å². The first-order valence-electron chi connectivity index (χ1n) is 10.7. The molecular formula is C24H27F2N3O5. The molecule has 0 aromatic heterocycles. The van der Waals surface area contributed by atoms with Crippen LogP contribution >= 0.6 is 0 Å². The predicted molar refractivity (Wildman–Crippen MR) is 121 cm³/mol. The lowest BCUT2D eigenvalue weighted by molar-refractivity contribution is -0.160. The minimum absolute atomic E-state index is 0.0622. The second kappa shape index (κ2) is 10.6. The maximum absolute atomic E-state index is 14.5. The van der Waals surface area contributed by atoms with Crippen molar-refractivity contribution in [3.05, 3.63) is 59.7 Å². The second-order valence-electron chi connectivity index (χ2n) is 8.31. The number of amides is 2. The van der Waals surface area contributed by atoms with E-state index in [1.54, 1.807) is 19.0 Å². The number of carbonyl (C=O) groups excluding carboxylic acids is 2. The van der Waals surface area contributed by atoms with Crippen molar-refractivity contribution in [1.29, 1.82) is 0 Å². The molecule has 0 unspecified atom stereocenters. The summed E-state index contributed by atoms with van der Waals surface area (Å²) < 4.78 is 34.1. The van der Waals surface area contributed by atoms with Gasteiger partial charge in [0, 0.05) is 19.0 Å². The van der Waals surface area contributed by atoms with E-state index in [0.29, 0.717) is 4.90 Å². The van der Waals surface area contributed by atoms with Gasteiger partial charge in [-0.1, -0.05) is 48.5 Å². The van der Waals surface area contributed by atoms with Gasteiger partial charge < -0.3 is 25.0 Å². The van der Waals surface area contributed by atoms with E-state index in [-0.39, 0.29) is 25.6 Å². The minimum atomic E-state index is -3.99. The lowest BCUT2D eigenvalue weighted by Crippen LogP contribution is -2.52. The first kappa shape index (κ1) is 25.1. The number of halogens is 2. The Morgan fingerprint density at radius 2 is 1.56 bits per heavy atom. The van der Waals surface area contributed by atoms with Gasteiger partial charge in [0.15, 0.2) is 0 Å². The van der Waals surface area contributed by atoms with Gasteiger partial charge in [0.2, 0.25) is 0 Å². The Bertz CT molecular complexity index is 1010. The number of alkyl halides is 2. The van der Waals surface area contributed by atoms with Gasteiger partial charge in [-0.2, -0.15) is 8.78 Å². The largest absolute Gasteiger partial charge is 0.480 e. The molecule has 2 aromatic rings. The average molecular weight is 475 g/mol. The molecule has 0 fully saturated rings. The van der Waals surface area contributed by atoms with Gasteiger partial charge >= 0.3 is 18.0 Å². The summed E-state index contributed by atoms with van der Waals surface area (Å²) >= 11 is 0. The Kier molecular flexibility index (Phi) is 7.83. The van der Waals surface area contributed by atoms with Crippen LogP contribution < -0.4 is 5.32 Å². The number of likely N-dealkylation sites (N-methyl/N-ethyl adjacent to an activating group) is 1. The smallest absolute Gasteiger partial charge is 0.407 e. The Morgan fingerprint density at radius 1 is 1.00 bits per heavy atom. The third-order valence-electron chi connectivity index (χ3n) is 5.54. The van der Waals surface area contributed by atoms with E-state index >= 15 is 0 Å². The zero-order valence-corrected chi connectivity index (χ0v) is 19.0. The topological polar surface area (TPSA) is 99.2 Å². The van der Waals surface area contributed by atoms with Crippen LogP contribution in [0.4, 0.5) is 13.6 Å². The van der Waals surface area contributed by atoms with Gasteiger partial charge in [-0.15, -0.1) is 0 Å². The number of carbonyl (C=O) groups is 3. The van der Waals surface area contributed by atoms with Crippen LogP contribution in [-0.2, 0) is 14.3 Å². The lowest BCUT2D eigenvalue weighted by atomic mass is 9.98. The number of nitrogens with zero attached hydrogens (tertiary/aromatic N) is 2. The van der Waals surface area contributed by atoms with E-state index in [9.17, 15) is 23.2 Å². The molecule has 2 N–H and O–H groups in total. The van der Waals surface area contributed by atoms with Crippen molar-refractivity contribution in [1.82, 2.24) is 15.1 Å². The quantitative estimate of drug-likeness (QED) is 0.548. The number of aliphatic carboxylic acids is 1. The molecule has 0 aliphatic heterocycles. The summed E-state index contributed by atoms with van der Waals surface area (Å²) in [5.41, 5.74) is 4.00. The van der Waals surface area contributed by atoms with Crippen molar-refractivity contribution in [2.24, 2.45) is 0 Å². The fourth-order valence-electron chi connectivity index (χ4n) is 3.88. The molecule has 0 heterocycles. The molecule has 0 saturated heterocycles. The van der Waals surface area contributed by atoms with Crippen LogP contribution in [0.5, 0.6) is 0 Å². The van der Waals surface area contributed by atoms with Crippen molar-refractivity contribution < 1.29 is 33.0 Å². The minimum Gasteiger partial charge on any atom is -0.480 e. The van der Waals surface area contributed by atoms with E-state index < -0.39 is 37.0 Å². The highest BCUT2D eigenvalue weighted by Gasteiger charge is 2.43. The van der Waals surface area contributed by atoms with Crippen LogP contribution in [0.15, 0.2) is 48.5 Å². The van der Waals surface area contributed by atoms with E-state index in [1.807, 2.05) is 53.8 Å². The van der Waals surface area contributed by atoms with Crippen molar-refractivity contribution in [3.63, 3.8) is 0 Å². The highest BCUT2D eigenvalue weighted by atomic mass is 19.3. The van der Waals surface area contributed by atoms with E-state index in [4.69, 9.17) is 9.84 Å². The zero-order valence-electron chi connectivity index (χ0n) is 19.0. The maximum Gasteiger partial charge on any atom is 0.407 e. The molecule has 1 aliphatic carbocycles. The Hall–Kier alpha value is -3.53. The molecule has 0 bridgehead atoms. The lowest BCUT2D eigenvalue weighted by Gasteiger charge is -2.27. The number of nitrogens with one attached hydrogen (secondary N) is 1. The van der Waals surface area contributed by atoms with Crippen molar-refractivity contribution >= 4 is 18.0 Å². The summed E-state index contributed by atoms with van der Waals surface area (Å²) in [6.07, 6.45) is -1.09. The highest BCUT2D eigenvalue weighted by molar-refractivity contribution is 5.87. The molecule has 0 radical (unpaired) electrons. The number of fused-ring (bicyclic) bond motifs is 3. The standard InChI is InChI=1S/C24H27F2N3O5/c1-28(2)11-12-29(13-21(30)31)22(32)24(25,26)15-27-23(33)34-14-20-18-9-5-3-7-16(18)17-8-4-6-10-19(17)20/h3-10,20H,11-15H2,1-2H3,(H,27,33)(H,30,31). The average Bonchev–Trinajstić information content (AvgIpc) is 3.12. The highest BCUT2D eigenvalue weighted by Crippen LogP contribution is 2.44. The Balaban J connectivity index is 1.59. The van der Waals surface area contributed by atoms with Gasteiger partial charge in [0.1, 0.15) is 13.2 Å². The van der Waals surface area contributed by atoms with Gasteiger partial charge in [-0.25, -0.2) is 4.79 Å². The fourth-order valence-corrected chi connectivity index (χ4v) is 3.88. The first-order chi connectivity index (χ1) is 16.1. The molecule has 2 aromatic carbocycles. The molecule has 0 atom stereocenters. The molecule has 3 rings (SSSR count). The molecular weight excluding hydrogens is 448 g/mol. The summed E-state index contributed by atoms with van der Waals surface area (Å²) in [5.74, 6) is -7.31. The zero-order chi connectivity index (χ0) is 24.9. The number of hydrogen-bond acceptors (Lipinski definition) is 5. The summed E-state index contributed by atoms with van der Waals surface area (Å²) in [4.78, 5) is 37.6. The second-order valence-corrected chi connectivity index (χ2v) is 8.31. The maximum atomic E-state index is 14.5. The number of ether oxygens (including phenoxy) is 1. The SMILES string of the molecule is CN(C)CCN(CC(=O)O)C(=O)C(F)(F)CNC(=O)OCC1c2ccccc2-c2ccccc21. The number of hydrogen-bond donors (Lipinski definition) is 2. The molecule has 0 spiro atoms. The number of rotatable bonds is 10. The summed E-state index contributed by atoms with van der Waals surface area (Å²) in [6.45, 7) is -2.23. The normalized spacial score (nSPS) is 12.7. The third-order valence-corrected chi connectivity index (χ3v) is 5.54. The van der Waals surface area contributed by atoms with Crippen LogP contribution in [0, 0.1) is 0 Å². The third kappa shape index (κ3) is 5.88. The number of alkyl carbamates (subject to hydrolysis) is 1. The molecule has 10 heteroatoms. The molecule has 1 aliphatic rings. The van der Waals surface area contributed by atoms with E-state index in [0.717, 1.165) is 22.3 Å². The Labute approximate surface area is 196 Å². The van der Waals surface area contributed by atoms with E-state index in [1.165, 1.54) is 0 Å². The molecule has 0 saturated carbocycles. The molecule has 182 valence electrons. The Morgan fingerprint density at radius 3 is 2.09 bits per heavy atom. The monoisotopic (exact) mass is 475 g/mol. The van der Waals surface area contributed by atoms with Crippen molar-refractivity contribution in [3.8, 4) is 11.1 Å².